The summed E-state index contributed by atoms with van der Waals surface area (Å²) in [5.74, 6) is 0.00262. The van der Waals surface area contributed by atoms with Gasteiger partial charge in [-0.3, -0.25) is 9.59 Å². The van der Waals surface area contributed by atoms with Crippen LogP contribution in [0.15, 0.2) is 18.2 Å². The van der Waals surface area contributed by atoms with Crippen molar-refractivity contribution >= 4 is 11.8 Å². The second-order valence-electron chi connectivity index (χ2n) is 19.2. The van der Waals surface area contributed by atoms with Gasteiger partial charge >= 0.3 is 0 Å². The van der Waals surface area contributed by atoms with E-state index in [2.05, 4.69) is 34.6 Å². The number of ether oxygens (including phenoxy) is 3. The number of carbonyl (C=O) groups is 2. The Hall–Kier alpha value is -2.14. The molecule has 0 aromatic heterocycles. The number of hydrogen-bond donors (Lipinski definition) is 1. The molecule has 7 aliphatic rings. The average Bonchev–Trinajstić information content (AvgIpc) is 3.70. The van der Waals surface area contributed by atoms with E-state index >= 15 is 0 Å². The van der Waals surface area contributed by atoms with Crippen molar-refractivity contribution in [2.24, 2.45) is 50.7 Å². The Kier molecular flexibility index (Phi) is 8.81. The fraction of sp³-hybridized carbons (Fsp3) is 0.810. The first-order valence-corrected chi connectivity index (χ1v) is 20.0. The molecule has 2 aliphatic heterocycles. The summed E-state index contributed by atoms with van der Waals surface area (Å²) in [6, 6.07) is 3.39. The van der Waals surface area contributed by atoms with Gasteiger partial charge in [-0.05, 0) is 114 Å². The highest BCUT2D eigenvalue weighted by Gasteiger charge is 2.84. The summed E-state index contributed by atoms with van der Waals surface area (Å²) in [5, 5.41) is 12.6. The van der Waals surface area contributed by atoms with E-state index in [1.54, 1.807) is 11.8 Å². The molecule has 8 rings (SSSR count). The molecule has 2 heterocycles. The number of hydrogen-bond acceptors (Lipinski definition) is 6. The number of carbonyl (C=O) groups excluding carboxylic acids is 2. The van der Waals surface area contributed by atoms with Crippen molar-refractivity contribution in [3.8, 4) is 0 Å². The predicted octanol–water partition coefficient (Wildman–Crippen LogP) is 6.72. The Labute approximate surface area is 308 Å². The minimum absolute atomic E-state index is 0.0385. The molecule has 1 N–H and O–H groups in total. The zero-order valence-electron chi connectivity index (χ0n) is 32.3. The SMILES string of the molecule is CC(=O)N(Cc1cc(F)cc(F)c1)CC1CC(C)C2C(O1)[C@H](O)[C@@]1(C)[C@@H]3CC[C@H]4C(C)(C)C(OC5CN(C(C)=O)CCO5)CC[C@@]45CC35CC[C@]21C. The molecule has 5 saturated carbocycles. The summed E-state index contributed by atoms with van der Waals surface area (Å²) >= 11 is 0. The van der Waals surface area contributed by atoms with Gasteiger partial charge in [-0.2, -0.15) is 0 Å². The van der Waals surface area contributed by atoms with E-state index in [0.29, 0.717) is 43.6 Å². The lowest BCUT2D eigenvalue weighted by molar-refractivity contribution is -0.247. The Balaban J connectivity index is 1.00. The summed E-state index contributed by atoms with van der Waals surface area (Å²) in [5.41, 5.74) is 0.450. The van der Waals surface area contributed by atoms with E-state index in [1.165, 1.54) is 31.9 Å². The summed E-state index contributed by atoms with van der Waals surface area (Å²) < 4.78 is 47.7. The molecule has 7 unspecified atom stereocenters. The maximum absolute atomic E-state index is 14.0. The third kappa shape index (κ3) is 5.22. The molecule has 0 bridgehead atoms. The first-order chi connectivity index (χ1) is 24.5. The second kappa shape index (κ2) is 12.4. The normalized spacial score (nSPS) is 45.9. The van der Waals surface area contributed by atoms with Crippen LogP contribution in [0.1, 0.15) is 105 Å². The van der Waals surface area contributed by atoms with Crippen LogP contribution < -0.4 is 0 Å². The fourth-order valence-electron chi connectivity index (χ4n) is 14.4. The van der Waals surface area contributed by atoms with Crippen molar-refractivity contribution in [3.63, 3.8) is 0 Å². The van der Waals surface area contributed by atoms with Gasteiger partial charge in [-0.15, -0.1) is 0 Å². The van der Waals surface area contributed by atoms with Crippen LogP contribution in [0.25, 0.3) is 0 Å². The van der Waals surface area contributed by atoms with Crippen LogP contribution in [0.4, 0.5) is 8.78 Å². The first-order valence-electron chi connectivity index (χ1n) is 20.0. The van der Waals surface area contributed by atoms with Crippen LogP contribution in [0, 0.1) is 62.4 Å². The van der Waals surface area contributed by atoms with Crippen molar-refractivity contribution in [1.82, 2.24) is 9.80 Å². The molecule has 7 fully saturated rings. The van der Waals surface area contributed by atoms with Crippen molar-refractivity contribution in [2.45, 2.75) is 137 Å². The highest BCUT2D eigenvalue weighted by atomic mass is 19.1. The van der Waals surface area contributed by atoms with Crippen LogP contribution in [0.2, 0.25) is 0 Å². The zero-order valence-corrected chi connectivity index (χ0v) is 32.3. The molecular formula is C42H60F2N2O6. The Bertz CT molecular complexity index is 1590. The number of amides is 2. The van der Waals surface area contributed by atoms with Gasteiger partial charge in [-0.25, -0.2) is 8.78 Å². The van der Waals surface area contributed by atoms with Crippen molar-refractivity contribution in [1.29, 1.82) is 0 Å². The summed E-state index contributed by atoms with van der Waals surface area (Å²) in [6.07, 6.45) is 7.05. The third-order valence-corrected chi connectivity index (χ3v) is 16.8. The lowest BCUT2D eigenvalue weighted by atomic mass is 9.41. The van der Waals surface area contributed by atoms with Gasteiger partial charge in [0.2, 0.25) is 11.8 Å². The molecule has 1 aromatic rings. The monoisotopic (exact) mass is 726 g/mol. The summed E-state index contributed by atoms with van der Waals surface area (Å²) in [6.45, 7) is 17.1. The largest absolute Gasteiger partial charge is 0.390 e. The molecule has 2 saturated heterocycles. The van der Waals surface area contributed by atoms with E-state index in [9.17, 15) is 23.5 Å². The van der Waals surface area contributed by atoms with Crippen LogP contribution in [0.5, 0.6) is 0 Å². The standard InChI is InChI=1S/C42H60F2N2O6/c1-24-16-30(21-46(26(3)48)20-27-17-28(43)19-29(44)18-27)51-36-35(24)39(6)12-13-42-23-41(42)11-10-33(52-34-22-45(25(2)47)14-15-50-34)38(4,5)31(41)8-9-32(42)40(39,7)37(36)49/h17-19,24,30-37,49H,8-16,20-23H2,1-7H3/t24?,30?,31-,32-,33?,34?,35?,36?,37-,39+,40+,41+,42?/m0/s1. The van der Waals surface area contributed by atoms with E-state index < -0.39 is 17.7 Å². The summed E-state index contributed by atoms with van der Waals surface area (Å²) in [4.78, 5) is 28.3. The molecule has 5 aliphatic carbocycles. The topological polar surface area (TPSA) is 88.5 Å². The van der Waals surface area contributed by atoms with Gasteiger partial charge < -0.3 is 29.1 Å². The minimum Gasteiger partial charge on any atom is -0.390 e. The number of fused-ring (bicyclic) bond motifs is 4. The summed E-state index contributed by atoms with van der Waals surface area (Å²) in [7, 11) is 0. The molecule has 10 heteroatoms. The Morgan fingerprint density at radius 2 is 1.69 bits per heavy atom. The quantitative estimate of drug-likeness (QED) is 0.351. The smallest absolute Gasteiger partial charge is 0.219 e. The van der Waals surface area contributed by atoms with Gasteiger partial charge in [0.15, 0.2) is 6.29 Å². The van der Waals surface area contributed by atoms with Gasteiger partial charge in [0.05, 0.1) is 37.6 Å². The number of morpholine rings is 1. The van der Waals surface area contributed by atoms with Crippen LogP contribution in [-0.2, 0) is 30.3 Å². The van der Waals surface area contributed by atoms with E-state index in [1.807, 2.05) is 4.90 Å². The van der Waals surface area contributed by atoms with Gasteiger partial charge in [0.1, 0.15) is 11.6 Å². The number of nitrogens with zero attached hydrogens (tertiary/aromatic N) is 2. The number of benzene rings is 1. The lowest BCUT2D eigenvalue weighted by Crippen LogP contribution is -2.60. The number of aliphatic hydroxyl groups is 1. The predicted molar refractivity (Wildman–Crippen MR) is 190 cm³/mol. The van der Waals surface area contributed by atoms with Crippen molar-refractivity contribution in [2.75, 3.05) is 26.2 Å². The molecule has 52 heavy (non-hydrogen) atoms. The van der Waals surface area contributed by atoms with Crippen LogP contribution >= 0.6 is 0 Å². The van der Waals surface area contributed by atoms with E-state index in [-0.39, 0.29) is 81.9 Å². The molecule has 2 spiro atoms. The van der Waals surface area contributed by atoms with Gasteiger partial charge in [0.25, 0.3) is 0 Å². The molecule has 13 atom stereocenters. The Morgan fingerprint density at radius 1 is 1.00 bits per heavy atom. The van der Waals surface area contributed by atoms with Crippen molar-refractivity contribution < 1.29 is 37.7 Å². The first kappa shape index (κ1) is 36.8. The highest BCUT2D eigenvalue weighted by Crippen LogP contribution is 2.89. The van der Waals surface area contributed by atoms with Crippen LogP contribution in [-0.4, -0.2) is 83.7 Å². The van der Waals surface area contributed by atoms with E-state index in [4.69, 9.17) is 14.2 Å². The maximum atomic E-state index is 14.0. The molecule has 2 amide bonds. The van der Waals surface area contributed by atoms with Crippen molar-refractivity contribution in [3.05, 3.63) is 35.4 Å². The zero-order chi connectivity index (χ0) is 37.2. The molecule has 0 radical (unpaired) electrons. The van der Waals surface area contributed by atoms with E-state index in [0.717, 1.165) is 44.6 Å². The molecular weight excluding hydrogens is 666 g/mol. The lowest BCUT2D eigenvalue weighted by Gasteiger charge is -2.64. The fourth-order valence-corrected chi connectivity index (χ4v) is 14.4. The highest BCUT2D eigenvalue weighted by molar-refractivity contribution is 5.73. The third-order valence-electron chi connectivity index (χ3n) is 16.8. The second-order valence-corrected chi connectivity index (χ2v) is 19.2. The average molecular weight is 727 g/mol. The minimum atomic E-state index is -0.660. The van der Waals surface area contributed by atoms with Crippen LogP contribution in [0.3, 0.4) is 0 Å². The number of halogens is 2. The Morgan fingerprint density at radius 3 is 2.38 bits per heavy atom. The number of aliphatic hydroxyl groups excluding tert-OH is 1. The van der Waals surface area contributed by atoms with Gasteiger partial charge in [-0.1, -0.05) is 34.6 Å². The molecule has 1 aromatic carbocycles. The molecule has 8 nitrogen and oxygen atoms in total. The van der Waals surface area contributed by atoms with Gasteiger partial charge in [0, 0.05) is 45.0 Å². The molecule has 288 valence electrons. The maximum Gasteiger partial charge on any atom is 0.219 e. The number of rotatable bonds is 6.